The molecule has 1 aromatic rings. The van der Waals surface area contributed by atoms with E-state index < -0.39 is 5.97 Å². The maximum Gasteiger partial charge on any atom is 0.317 e. The van der Waals surface area contributed by atoms with Crippen molar-refractivity contribution in [2.45, 2.75) is 33.4 Å². The van der Waals surface area contributed by atoms with Crippen LogP contribution in [0.4, 0.5) is 0 Å². The molecule has 0 saturated heterocycles. The van der Waals surface area contributed by atoms with Crippen LogP contribution < -0.4 is 0 Å². The maximum atomic E-state index is 10.6. The molecule has 0 unspecified atom stereocenters. The Labute approximate surface area is 88.7 Å². The second-order valence-electron chi connectivity index (χ2n) is 3.75. The van der Waals surface area contributed by atoms with Crippen molar-refractivity contribution in [3.05, 3.63) is 17.8 Å². The number of oxazole rings is 1. The highest BCUT2D eigenvalue weighted by atomic mass is 16.4. The number of carboxylic acids is 1. The summed E-state index contributed by atoms with van der Waals surface area (Å²) in [5.74, 6) is -0.0871. The summed E-state index contributed by atoms with van der Waals surface area (Å²) in [5, 5.41) is 8.75. The van der Waals surface area contributed by atoms with E-state index in [1.54, 1.807) is 0 Å². The molecule has 0 aliphatic carbocycles. The molecule has 0 fully saturated rings. The number of hydrogen-bond donors (Lipinski definition) is 1. The Balaban J connectivity index is 2.67. The Hall–Kier alpha value is -1.36. The van der Waals surface area contributed by atoms with E-state index in [1.807, 2.05) is 25.7 Å². The van der Waals surface area contributed by atoms with Crippen molar-refractivity contribution in [3.8, 4) is 0 Å². The molecule has 1 N–H and O–H groups in total. The highest BCUT2D eigenvalue weighted by Gasteiger charge is 2.16. The van der Waals surface area contributed by atoms with E-state index in [9.17, 15) is 4.79 Å². The van der Waals surface area contributed by atoms with Gasteiger partial charge in [0.25, 0.3) is 0 Å². The van der Waals surface area contributed by atoms with Gasteiger partial charge in [0.05, 0.1) is 12.2 Å². The second kappa shape index (κ2) is 4.93. The predicted octanol–water partition coefficient (Wildman–Crippen LogP) is 1.28. The molecule has 1 heterocycles. The maximum absolute atomic E-state index is 10.6. The minimum absolute atomic E-state index is 0.0178. The van der Waals surface area contributed by atoms with Crippen molar-refractivity contribution in [2.75, 3.05) is 6.54 Å². The summed E-state index contributed by atoms with van der Waals surface area (Å²) in [5.41, 5.74) is 0.796. The lowest BCUT2D eigenvalue weighted by Gasteiger charge is -2.23. The minimum Gasteiger partial charge on any atom is -0.480 e. The third kappa shape index (κ3) is 3.36. The number of hydrogen-bond acceptors (Lipinski definition) is 4. The zero-order chi connectivity index (χ0) is 11.4. The van der Waals surface area contributed by atoms with Gasteiger partial charge in [-0.3, -0.25) is 9.69 Å². The third-order valence-corrected chi connectivity index (χ3v) is 2.27. The largest absolute Gasteiger partial charge is 0.480 e. The summed E-state index contributed by atoms with van der Waals surface area (Å²) in [6.45, 7) is 6.26. The van der Waals surface area contributed by atoms with E-state index in [0.717, 1.165) is 11.5 Å². The Morgan fingerprint density at radius 3 is 2.73 bits per heavy atom. The number of rotatable bonds is 5. The van der Waals surface area contributed by atoms with Gasteiger partial charge in [-0.25, -0.2) is 4.98 Å². The van der Waals surface area contributed by atoms with E-state index in [0.29, 0.717) is 6.54 Å². The Bertz CT molecular complexity index is 333. The highest BCUT2D eigenvalue weighted by molar-refractivity contribution is 5.69. The summed E-state index contributed by atoms with van der Waals surface area (Å²) in [4.78, 5) is 16.5. The van der Waals surface area contributed by atoms with Crippen LogP contribution in [0.15, 0.2) is 10.8 Å². The van der Waals surface area contributed by atoms with E-state index in [4.69, 9.17) is 9.52 Å². The summed E-state index contributed by atoms with van der Waals surface area (Å²) >= 11 is 0. The smallest absolute Gasteiger partial charge is 0.317 e. The molecule has 0 bridgehead atoms. The summed E-state index contributed by atoms with van der Waals surface area (Å²) < 4.78 is 5.06. The molecule has 1 rings (SSSR count). The molecule has 0 aromatic carbocycles. The van der Waals surface area contributed by atoms with Gasteiger partial charge in [-0.1, -0.05) is 0 Å². The van der Waals surface area contributed by atoms with Crippen molar-refractivity contribution in [2.24, 2.45) is 0 Å². The van der Waals surface area contributed by atoms with E-state index >= 15 is 0 Å². The molecule has 0 atom stereocenters. The summed E-state index contributed by atoms with van der Waals surface area (Å²) in [6, 6.07) is 0.164. The fourth-order valence-corrected chi connectivity index (χ4v) is 1.27. The molecule has 5 heteroatoms. The van der Waals surface area contributed by atoms with Crippen LogP contribution in [0.2, 0.25) is 0 Å². The van der Waals surface area contributed by atoms with Crippen molar-refractivity contribution >= 4 is 5.97 Å². The molecule has 0 saturated carbocycles. The molecule has 0 spiro atoms. The summed E-state index contributed by atoms with van der Waals surface area (Å²) in [6.07, 6.45) is 1.38. The normalized spacial score (nSPS) is 11.3. The van der Waals surface area contributed by atoms with Gasteiger partial charge in [0.2, 0.25) is 0 Å². The van der Waals surface area contributed by atoms with Crippen molar-refractivity contribution in [3.63, 3.8) is 0 Å². The molecule has 0 amide bonds. The fraction of sp³-hybridized carbons (Fsp3) is 0.600. The molecule has 1 aromatic heterocycles. The van der Waals surface area contributed by atoms with Crippen LogP contribution in [-0.4, -0.2) is 33.5 Å². The first-order chi connectivity index (χ1) is 7.00. The Kier molecular flexibility index (Phi) is 3.85. The van der Waals surface area contributed by atoms with Gasteiger partial charge in [-0.2, -0.15) is 0 Å². The minimum atomic E-state index is -0.829. The van der Waals surface area contributed by atoms with Gasteiger partial charge < -0.3 is 9.52 Å². The number of carbonyl (C=O) groups is 1. The SMILES string of the molecule is Cc1ocnc1CN(CC(=O)O)C(C)C. The lowest BCUT2D eigenvalue weighted by molar-refractivity contribution is -0.139. The van der Waals surface area contributed by atoms with Crippen LogP contribution in [0.3, 0.4) is 0 Å². The monoisotopic (exact) mass is 212 g/mol. The molecular weight excluding hydrogens is 196 g/mol. The molecule has 0 aliphatic heterocycles. The zero-order valence-corrected chi connectivity index (χ0v) is 9.23. The molecule has 15 heavy (non-hydrogen) atoms. The van der Waals surface area contributed by atoms with Crippen molar-refractivity contribution in [1.82, 2.24) is 9.88 Å². The molecular formula is C10H16N2O3. The third-order valence-electron chi connectivity index (χ3n) is 2.27. The van der Waals surface area contributed by atoms with Crippen LogP contribution in [0, 0.1) is 6.92 Å². The van der Waals surface area contributed by atoms with Gasteiger partial charge in [0.1, 0.15) is 5.76 Å². The standard InChI is InChI=1S/C10H16N2O3/c1-7(2)12(5-10(13)14)4-9-8(3)15-6-11-9/h6-7H,4-5H2,1-3H3,(H,13,14). The first-order valence-corrected chi connectivity index (χ1v) is 4.85. The molecule has 0 radical (unpaired) electrons. The first kappa shape index (κ1) is 11.7. The predicted molar refractivity (Wildman–Crippen MR) is 54.4 cm³/mol. The number of aliphatic carboxylic acids is 1. The van der Waals surface area contributed by atoms with Crippen LogP contribution in [0.5, 0.6) is 0 Å². The van der Waals surface area contributed by atoms with Crippen LogP contribution in [0.1, 0.15) is 25.3 Å². The Morgan fingerprint density at radius 1 is 1.67 bits per heavy atom. The highest BCUT2D eigenvalue weighted by Crippen LogP contribution is 2.10. The van der Waals surface area contributed by atoms with Crippen LogP contribution in [-0.2, 0) is 11.3 Å². The zero-order valence-electron chi connectivity index (χ0n) is 9.23. The van der Waals surface area contributed by atoms with Crippen LogP contribution >= 0.6 is 0 Å². The summed E-state index contributed by atoms with van der Waals surface area (Å²) in [7, 11) is 0. The second-order valence-corrected chi connectivity index (χ2v) is 3.75. The lowest BCUT2D eigenvalue weighted by atomic mass is 10.2. The van der Waals surface area contributed by atoms with Crippen molar-refractivity contribution in [1.29, 1.82) is 0 Å². The van der Waals surface area contributed by atoms with Gasteiger partial charge in [0.15, 0.2) is 6.39 Å². The average Bonchev–Trinajstić information content (AvgIpc) is 2.50. The van der Waals surface area contributed by atoms with Gasteiger partial charge in [-0.15, -0.1) is 0 Å². The van der Waals surface area contributed by atoms with E-state index in [1.165, 1.54) is 6.39 Å². The molecule has 5 nitrogen and oxygen atoms in total. The molecule has 0 aliphatic rings. The number of nitrogens with zero attached hydrogens (tertiary/aromatic N) is 2. The van der Waals surface area contributed by atoms with Gasteiger partial charge in [-0.05, 0) is 20.8 Å². The molecule has 84 valence electrons. The number of aryl methyl sites for hydroxylation is 1. The van der Waals surface area contributed by atoms with E-state index in [-0.39, 0.29) is 12.6 Å². The van der Waals surface area contributed by atoms with Gasteiger partial charge >= 0.3 is 5.97 Å². The van der Waals surface area contributed by atoms with Gasteiger partial charge in [0, 0.05) is 12.6 Å². The number of aromatic nitrogens is 1. The topological polar surface area (TPSA) is 66.6 Å². The number of carboxylic acid groups (broad SMARTS) is 1. The average molecular weight is 212 g/mol. The van der Waals surface area contributed by atoms with Crippen LogP contribution in [0.25, 0.3) is 0 Å². The van der Waals surface area contributed by atoms with Crippen molar-refractivity contribution < 1.29 is 14.3 Å². The quantitative estimate of drug-likeness (QED) is 0.796. The Morgan fingerprint density at radius 2 is 2.33 bits per heavy atom. The van der Waals surface area contributed by atoms with E-state index in [2.05, 4.69) is 4.98 Å². The fourth-order valence-electron chi connectivity index (χ4n) is 1.27. The first-order valence-electron chi connectivity index (χ1n) is 4.85. The lowest BCUT2D eigenvalue weighted by Crippen LogP contribution is -2.35.